The van der Waals surface area contributed by atoms with Crippen molar-refractivity contribution in [2.75, 3.05) is 10.6 Å². The summed E-state index contributed by atoms with van der Waals surface area (Å²) in [5.74, 6) is 4.15. The Morgan fingerprint density at radius 1 is 0.743 bits per heavy atom. The Morgan fingerprint density at radius 3 is 1.91 bits per heavy atom. The monoisotopic (exact) mass is 468 g/mol. The summed E-state index contributed by atoms with van der Waals surface area (Å²) in [7, 11) is 0. The van der Waals surface area contributed by atoms with Crippen LogP contribution >= 0.6 is 0 Å². The SMILES string of the molecule is O=C(Nc1ccc(-c2nc3ccc(NC(=O)C4CC5CCC4C5)cc3[nH]2)cc1)C1CC2CCC1C2. The fraction of sp³-hybridized carbons (Fsp3) is 0.483. The molecule has 6 nitrogen and oxygen atoms in total. The number of aromatic nitrogens is 2. The maximum atomic E-state index is 12.8. The molecule has 35 heavy (non-hydrogen) atoms. The Hall–Kier alpha value is -3.15. The Bertz CT molecular complexity index is 1300. The molecule has 2 aromatic carbocycles. The van der Waals surface area contributed by atoms with Gasteiger partial charge in [0.05, 0.1) is 11.0 Å². The van der Waals surface area contributed by atoms with Crippen LogP contribution in [0.1, 0.15) is 51.4 Å². The molecule has 0 saturated heterocycles. The van der Waals surface area contributed by atoms with Gasteiger partial charge < -0.3 is 15.6 Å². The summed E-state index contributed by atoms with van der Waals surface area (Å²) in [6.07, 6.45) is 9.57. The number of carbonyl (C=O) groups excluding carboxylic acids is 2. The van der Waals surface area contributed by atoms with Crippen LogP contribution in [0, 0.1) is 35.5 Å². The summed E-state index contributed by atoms with van der Waals surface area (Å²) in [6, 6.07) is 13.8. The highest BCUT2D eigenvalue weighted by Gasteiger charge is 2.44. The number of rotatable bonds is 5. The molecule has 3 aromatic rings. The number of benzene rings is 2. The second-order valence-corrected chi connectivity index (χ2v) is 11.4. The Kier molecular flexibility index (Phi) is 4.97. The van der Waals surface area contributed by atoms with E-state index < -0.39 is 0 Å². The fourth-order valence-electron chi connectivity index (χ4n) is 7.54. The highest BCUT2D eigenvalue weighted by molar-refractivity contribution is 5.95. The van der Waals surface area contributed by atoms with Crippen LogP contribution in [0.5, 0.6) is 0 Å². The third kappa shape index (κ3) is 3.83. The van der Waals surface area contributed by atoms with Crippen molar-refractivity contribution in [1.29, 1.82) is 0 Å². The van der Waals surface area contributed by atoms with Gasteiger partial charge in [-0.2, -0.15) is 0 Å². The van der Waals surface area contributed by atoms with Crippen LogP contribution in [0.15, 0.2) is 42.5 Å². The molecule has 0 spiro atoms. The Labute approximate surface area is 205 Å². The van der Waals surface area contributed by atoms with E-state index in [-0.39, 0.29) is 23.7 Å². The lowest BCUT2D eigenvalue weighted by atomic mass is 9.88. The third-order valence-electron chi connectivity index (χ3n) is 9.33. The number of nitrogens with zero attached hydrogens (tertiary/aromatic N) is 1. The van der Waals surface area contributed by atoms with Gasteiger partial charge in [0.1, 0.15) is 5.82 Å². The van der Waals surface area contributed by atoms with Crippen LogP contribution in [0.2, 0.25) is 0 Å². The maximum Gasteiger partial charge on any atom is 0.227 e. The molecule has 1 aromatic heterocycles. The van der Waals surface area contributed by atoms with Gasteiger partial charge in [-0.1, -0.05) is 12.8 Å². The van der Waals surface area contributed by atoms with Gasteiger partial charge in [0.2, 0.25) is 11.8 Å². The normalized spacial score (nSPS) is 30.7. The number of amides is 2. The molecule has 1 heterocycles. The van der Waals surface area contributed by atoms with Gasteiger partial charge in [0.25, 0.3) is 0 Å². The standard InChI is InChI=1S/C29H32N4O2/c34-28(23-13-16-1-3-19(23)11-16)30-21-7-5-18(6-8-21)27-32-25-10-9-22(15-26(25)33-27)31-29(35)24-14-17-2-4-20(24)12-17/h5-10,15-17,19-20,23-24H,1-4,11-14H2,(H,30,34)(H,31,35)(H,32,33). The van der Waals surface area contributed by atoms with Crippen molar-refractivity contribution in [3.05, 3.63) is 42.5 Å². The largest absolute Gasteiger partial charge is 0.338 e. The smallest absolute Gasteiger partial charge is 0.227 e. The van der Waals surface area contributed by atoms with Crippen molar-refractivity contribution in [1.82, 2.24) is 9.97 Å². The number of H-pyrrole nitrogens is 1. The van der Waals surface area contributed by atoms with E-state index in [9.17, 15) is 9.59 Å². The molecule has 4 bridgehead atoms. The van der Waals surface area contributed by atoms with Crippen molar-refractivity contribution in [2.45, 2.75) is 51.4 Å². The average Bonchev–Trinajstić information content (AvgIpc) is 3.70. The molecule has 3 N–H and O–H groups in total. The lowest BCUT2D eigenvalue weighted by Gasteiger charge is -2.20. The summed E-state index contributed by atoms with van der Waals surface area (Å²) in [5.41, 5.74) is 4.39. The fourth-order valence-corrected chi connectivity index (χ4v) is 7.54. The van der Waals surface area contributed by atoms with Gasteiger partial charge in [0.15, 0.2) is 0 Å². The first-order valence-corrected chi connectivity index (χ1v) is 13.3. The number of anilines is 2. The predicted octanol–water partition coefficient (Wildman–Crippen LogP) is 5.98. The van der Waals surface area contributed by atoms with Crippen molar-refractivity contribution in [3.8, 4) is 11.4 Å². The predicted molar refractivity (Wildman–Crippen MR) is 137 cm³/mol. The molecule has 4 aliphatic rings. The minimum atomic E-state index is 0.166. The third-order valence-corrected chi connectivity index (χ3v) is 9.33. The van der Waals surface area contributed by atoms with E-state index in [0.717, 1.165) is 58.5 Å². The zero-order valence-corrected chi connectivity index (χ0v) is 19.9. The van der Waals surface area contributed by atoms with Crippen molar-refractivity contribution >= 4 is 34.2 Å². The van der Waals surface area contributed by atoms with Gasteiger partial charge in [-0.05, 0) is 105 Å². The summed E-state index contributed by atoms with van der Waals surface area (Å²) >= 11 is 0. The molecule has 4 aliphatic carbocycles. The number of fused-ring (bicyclic) bond motifs is 5. The number of carbonyl (C=O) groups is 2. The number of aromatic amines is 1. The lowest BCUT2D eigenvalue weighted by molar-refractivity contribution is -0.122. The van der Waals surface area contributed by atoms with Gasteiger partial charge >= 0.3 is 0 Å². The molecule has 6 atom stereocenters. The summed E-state index contributed by atoms with van der Waals surface area (Å²) in [5, 5.41) is 6.26. The first-order chi connectivity index (χ1) is 17.1. The highest BCUT2D eigenvalue weighted by Crippen LogP contribution is 2.49. The van der Waals surface area contributed by atoms with E-state index in [1.54, 1.807) is 0 Å². The minimum Gasteiger partial charge on any atom is -0.338 e. The first-order valence-electron chi connectivity index (χ1n) is 13.3. The zero-order valence-electron chi connectivity index (χ0n) is 19.9. The summed E-state index contributed by atoms with van der Waals surface area (Å²) in [4.78, 5) is 33.7. The molecule has 4 saturated carbocycles. The molecule has 0 radical (unpaired) electrons. The zero-order chi connectivity index (χ0) is 23.5. The van der Waals surface area contributed by atoms with Crippen LogP contribution in [-0.4, -0.2) is 21.8 Å². The van der Waals surface area contributed by atoms with Crippen molar-refractivity contribution < 1.29 is 9.59 Å². The molecule has 7 rings (SSSR count). The van der Waals surface area contributed by atoms with E-state index in [0.29, 0.717) is 11.8 Å². The summed E-state index contributed by atoms with van der Waals surface area (Å²) in [6.45, 7) is 0. The lowest BCUT2D eigenvalue weighted by Crippen LogP contribution is -2.27. The van der Waals surface area contributed by atoms with E-state index in [2.05, 4.69) is 15.6 Å². The van der Waals surface area contributed by atoms with Gasteiger partial charge in [-0.3, -0.25) is 9.59 Å². The molecular formula is C29H32N4O2. The van der Waals surface area contributed by atoms with E-state index >= 15 is 0 Å². The quantitative estimate of drug-likeness (QED) is 0.430. The Morgan fingerprint density at radius 2 is 1.34 bits per heavy atom. The average molecular weight is 469 g/mol. The highest BCUT2D eigenvalue weighted by atomic mass is 16.2. The molecule has 180 valence electrons. The van der Waals surface area contributed by atoms with Gasteiger partial charge in [-0.25, -0.2) is 4.98 Å². The van der Waals surface area contributed by atoms with E-state index in [4.69, 9.17) is 4.98 Å². The minimum absolute atomic E-state index is 0.166. The molecular weight excluding hydrogens is 436 g/mol. The molecule has 0 aliphatic heterocycles. The topological polar surface area (TPSA) is 86.9 Å². The van der Waals surface area contributed by atoms with E-state index in [1.807, 2.05) is 42.5 Å². The second kappa shape index (κ2) is 8.21. The van der Waals surface area contributed by atoms with Gasteiger partial charge in [-0.15, -0.1) is 0 Å². The Balaban J connectivity index is 1.03. The van der Waals surface area contributed by atoms with Crippen LogP contribution in [0.4, 0.5) is 11.4 Å². The first kappa shape index (κ1) is 21.2. The van der Waals surface area contributed by atoms with Crippen LogP contribution in [0.3, 0.4) is 0 Å². The number of imidazole rings is 1. The number of nitrogens with one attached hydrogen (secondary N) is 3. The van der Waals surface area contributed by atoms with Gasteiger partial charge in [0, 0.05) is 28.8 Å². The number of hydrogen-bond acceptors (Lipinski definition) is 3. The van der Waals surface area contributed by atoms with Crippen LogP contribution in [0.25, 0.3) is 22.4 Å². The second-order valence-electron chi connectivity index (χ2n) is 11.4. The molecule has 2 amide bonds. The van der Waals surface area contributed by atoms with E-state index in [1.165, 1.54) is 38.5 Å². The maximum absolute atomic E-state index is 12.8. The van der Waals surface area contributed by atoms with Crippen LogP contribution < -0.4 is 10.6 Å². The van der Waals surface area contributed by atoms with Crippen LogP contribution in [-0.2, 0) is 9.59 Å². The molecule has 6 heteroatoms. The molecule has 4 fully saturated rings. The number of hydrogen-bond donors (Lipinski definition) is 3. The molecule has 6 unspecified atom stereocenters. The van der Waals surface area contributed by atoms with Crippen molar-refractivity contribution in [2.24, 2.45) is 35.5 Å². The van der Waals surface area contributed by atoms with Crippen molar-refractivity contribution in [3.63, 3.8) is 0 Å². The summed E-state index contributed by atoms with van der Waals surface area (Å²) < 4.78 is 0.